The summed E-state index contributed by atoms with van der Waals surface area (Å²) in [5.41, 5.74) is 1.64. The van der Waals surface area contributed by atoms with Gasteiger partial charge in [-0.25, -0.2) is 4.79 Å². The van der Waals surface area contributed by atoms with Gasteiger partial charge < -0.3 is 39.2 Å². The minimum Gasteiger partial charge on any atom is -0.359 e. The maximum absolute atomic E-state index is 11.5. The van der Waals surface area contributed by atoms with Crippen molar-refractivity contribution in [3.63, 3.8) is 0 Å². The summed E-state index contributed by atoms with van der Waals surface area (Å²) in [7, 11) is 0. The second-order valence-corrected chi connectivity index (χ2v) is 7.51. The van der Waals surface area contributed by atoms with Crippen molar-refractivity contribution in [3.05, 3.63) is 0 Å². The molecule has 0 unspecified atom stereocenters. The molecule has 2 rings (SSSR count). The number of carbonyl (C=O) groups is 4. The predicted octanol–water partition coefficient (Wildman–Crippen LogP) is -0.238. The SMILES string of the molecule is O=CCCC(=O)NOC(=O)NCCCC1OCC2(COC(CCCNC=O)OC2)CO1. The smallest absolute Gasteiger partial charge is 0.359 e. The molecule has 3 amide bonds. The number of hydroxylamine groups is 1. The number of nitrogens with one attached hydrogen (secondary N) is 3. The lowest BCUT2D eigenvalue weighted by molar-refractivity contribution is -0.304. The van der Waals surface area contributed by atoms with Gasteiger partial charge >= 0.3 is 6.09 Å². The molecule has 0 bridgehead atoms. The Kier molecular flexibility index (Phi) is 11.2. The van der Waals surface area contributed by atoms with E-state index in [-0.39, 0.29) is 30.8 Å². The maximum Gasteiger partial charge on any atom is 0.431 e. The summed E-state index contributed by atoms with van der Waals surface area (Å²) in [6.45, 7) is 2.80. The van der Waals surface area contributed by atoms with Crippen LogP contribution in [0.1, 0.15) is 38.5 Å². The third kappa shape index (κ3) is 9.59. The average Bonchev–Trinajstić information content (AvgIpc) is 2.79. The molecule has 0 saturated carbocycles. The molecular formula is C19H31N3O9. The molecule has 3 N–H and O–H groups in total. The van der Waals surface area contributed by atoms with Gasteiger partial charge in [-0.05, 0) is 12.8 Å². The minimum atomic E-state index is -0.781. The Morgan fingerprint density at radius 1 is 0.935 bits per heavy atom. The Morgan fingerprint density at radius 2 is 1.52 bits per heavy atom. The van der Waals surface area contributed by atoms with Crippen LogP contribution in [0.4, 0.5) is 4.79 Å². The summed E-state index contributed by atoms with van der Waals surface area (Å²) < 4.78 is 23.1. The minimum absolute atomic E-state index is 0.0375. The molecule has 0 atom stereocenters. The van der Waals surface area contributed by atoms with E-state index in [0.717, 1.165) is 6.42 Å². The fourth-order valence-corrected chi connectivity index (χ4v) is 3.03. The standard InChI is InChI=1S/C19H31N3O9/c23-9-3-4-15(25)22-31-18(26)21-8-2-6-17-29-12-19(13-30-17)10-27-16(28-11-19)5-1-7-20-14-24/h9,14,16-17H,1-8,10-13H2,(H,20,24)(H,21,26)(H,22,25). The highest BCUT2D eigenvalue weighted by Gasteiger charge is 2.41. The van der Waals surface area contributed by atoms with Gasteiger partial charge in [0.1, 0.15) is 6.29 Å². The van der Waals surface area contributed by atoms with Gasteiger partial charge in [0.05, 0.1) is 31.8 Å². The zero-order valence-electron chi connectivity index (χ0n) is 17.5. The number of carbonyl (C=O) groups excluding carboxylic acids is 4. The molecule has 1 spiro atoms. The van der Waals surface area contributed by atoms with Crippen LogP contribution in [0.15, 0.2) is 0 Å². The molecule has 2 saturated heterocycles. The van der Waals surface area contributed by atoms with Crippen molar-refractivity contribution in [1.29, 1.82) is 0 Å². The predicted molar refractivity (Wildman–Crippen MR) is 104 cm³/mol. The molecule has 31 heavy (non-hydrogen) atoms. The second kappa shape index (κ2) is 13.9. The highest BCUT2D eigenvalue weighted by atomic mass is 16.7. The Hall–Kier alpha value is -2.28. The van der Waals surface area contributed by atoms with Gasteiger partial charge in [0, 0.05) is 38.8 Å². The fraction of sp³-hybridized carbons (Fsp3) is 0.789. The quantitative estimate of drug-likeness (QED) is 0.210. The number of rotatable bonds is 12. The Labute approximate surface area is 180 Å². The Balaban J connectivity index is 1.51. The zero-order valence-corrected chi connectivity index (χ0v) is 17.5. The van der Waals surface area contributed by atoms with Crippen molar-refractivity contribution in [2.24, 2.45) is 5.41 Å². The first kappa shape index (κ1) is 25.0. The molecule has 176 valence electrons. The van der Waals surface area contributed by atoms with Gasteiger partial charge in [0.15, 0.2) is 12.6 Å². The van der Waals surface area contributed by atoms with Crippen LogP contribution in [-0.2, 0) is 38.2 Å². The van der Waals surface area contributed by atoms with Crippen LogP contribution in [0, 0.1) is 5.41 Å². The van der Waals surface area contributed by atoms with E-state index in [4.69, 9.17) is 18.9 Å². The van der Waals surface area contributed by atoms with Crippen LogP contribution in [0.25, 0.3) is 0 Å². The summed E-state index contributed by atoms with van der Waals surface area (Å²) >= 11 is 0. The fourth-order valence-electron chi connectivity index (χ4n) is 3.03. The third-order valence-electron chi connectivity index (χ3n) is 4.78. The molecule has 2 aliphatic rings. The monoisotopic (exact) mass is 445 g/mol. The van der Waals surface area contributed by atoms with Crippen molar-refractivity contribution in [2.45, 2.75) is 51.1 Å². The van der Waals surface area contributed by atoms with Crippen LogP contribution < -0.4 is 16.1 Å². The summed E-state index contributed by atoms with van der Waals surface area (Å²) in [5.74, 6) is -0.544. The van der Waals surface area contributed by atoms with E-state index in [2.05, 4.69) is 15.5 Å². The first-order chi connectivity index (χ1) is 15.1. The molecule has 2 heterocycles. The summed E-state index contributed by atoms with van der Waals surface area (Å²) in [4.78, 5) is 47.6. The molecule has 0 aromatic carbocycles. The van der Waals surface area contributed by atoms with Crippen molar-refractivity contribution in [1.82, 2.24) is 16.1 Å². The van der Waals surface area contributed by atoms with Gasteiger partial charge in [-0.3, -0.25) is 9.59 Å². The number of amides is 3. The molecule has 12 nitrogen and oxygen atoms in total. The highest BCUT2D eigenvalue weighted by molar-refractivity contribution is 5.79. The van der Waals surface area contributed by atoms with E-state index in [1.54, 1.807) is 0 Å². The van der Waals surface area contributed by atoms with Gasteiger partial charge in [0.2, 0.25) is 6.41 Å². The lowest BCUT2D eigenvalue weighted by Crippen LogP contribution is -2.52. The zero-order chi connectivity index (χ0) is 22.4. The number of ether oxygens (including phenoxy) is 4. The summed E-state index contributed by atoms with van der Waals surface area (Å²) in [6, 6.07) is 0. The van der Waals surface area contributed by atoms with E-state index in [9.17, 15) is 19.2 Å². The van der Waals surface area contributed by atoms with E-state index in [1.807, 2.05) is 5.48 Å². The van der Waals surface area contributed by atoms with E-state index in [0.29, 0.717) is 71.5 Å². The van der Waals surface area contributed by atoms with Crippen molar-refractivity contribution >= 4 is 24.7 Å². The van der Waals surface area contributed by atoms with Gasteiger partial charge in [-0.2, -0.15) is 5.48 Å². The second-order valence-electron chi connectivity index (χ2n) is 7.51. The lowest BCUT2D eigenvalue weighted by Gasteiger charge is -2.43. The number of hydrogen-bond acceptors (Lipinski definition) is 9. The van der Waals surface area contributed by atoms with Crippen molar-refractivity contribution in [3.8, 4) is 0 Å². The highest BCUT2D eigenvalue weighted by Crippen LogP contribution is 2.31. The molecule has 0 aromatic heterocycles. The molecule has 0 aromatic rings. The number of hydrogen-bond donors (Lipinski definition) is 3. The van der Waals surface area contributed by atoms with Crippen LogP contribution >= 0.6 is 0 Å². The molecular weight excluding hydrogens is 414 g/mol. The van der Waals surface area contributed by atoms with E-state index < -0.39 is 12.0 Å². The largest absolute Gasteiger partial charge is 0.431 e. The van der Waals surface area contributed by atoms with Gasteiger partial charge in [0.25, 0.3) is 5.91 Å². The van der Waals surface area contributed by atoms with Crippen molar-refractivity contribution in [2.75, 3.05) is 39.5 Å². The molecule has 0 radical (unpaired) electrons. The third-order valence-corrected chi connectivity index (χ3v) is 4.78. The topological polar surface area (TPSA) is 151 Å². The van der Waals surface area contributed by atoms with E-state index in [1.165, 1.54) is 0 Å². The van der Waals surface area contributed by atoms with Crippen LogP contribution in [0.3, 0.4) is 0 Å². The van der Waals surface area contributed by atoms with Crippen LogP contribution in [0.2, 0.25) is 0 Å². The summed E-state index contributed by atoms with van der Waals surface area (Å²) in [5, 5.41) is 5.10. The lowest BCUT2D eigenvalue weighted by atomic mass is 9.90. The number of aldehydes is 1. The average molecular weight is 445 g/mol. The Morgan fingerprint density at radius 3 is 2.06 bits per heavy atom. The van der Waals surface area contributed by atoms with Gasteiger partial charge in [-0.15, -0.1) is 0 Å². The van der Waals surface area contributed by atoms with Crippen LogP contribution in [0.5, 0.6) is 0 Å². The molecule has 2 aliphatic heterocycles. The first-order valence-corrected chi connectivity index (χ1v) is 10.4. The maximum atomic E-state index is 11.5. The van der Waals surface area contributed by atoms with E-state index >= 15 is 0 Å². The Bertz CT molecular complexity index is 572. The van der Waals surface area contributed by atoms with Crippen LogP contribution in [-0.4, -0.2) is 76.8 Å². The first-order valence-electron chi connectivity index (χ1n) is 10.4. The van der Waals surface area contributed by atoms with Gasteiger partial charge in [-0.1, -0.05) is 0 Å². The van der Waals surface area contributed by atoms with Crippen molar-refractivity contribution < 1.29 is 43.0 Å². The molecule has 0 aliphatic carbocycles. The normalized spacial score (nSPS) is 25.4. The summed E-state index contributed by atoms with van der Waals surface area (Å²) in [6.07, 6.45) is 2.53. The molecule has 12 heteroatoms. The molecule has 2 fully saturated rings.